The standard InChI is InChI=1S/C18H18O6/c1-9-6-10(4-5-13(9)23-3)18-17(21)16(20)15-12(19)7-11(22-2)8-14(15)24-18/h4-8,17-19,21H,1-3H3. The first-order valence-corrected chi connectivity index (χ1v) is 7.40. The van der Waals surface area contributed by atoms with E-state index in [-0.39, 0.29) is 17.1 Å². The van der Waals surface area contributed by atoms with Crippen molar-refractivity contribution in [2.24, 2.45) is 0 Å². The van der Waals surface area contributed by atoms with Crippen LogP contribution < -0.4 is 14.2 Å². The summed E-state index contributed by atoms with van der Waals surface area (Å²) in [4.78, 5) is 12.5. The molecule has 126 valence electrons. The van der Waals surface area contributed by atoms with Gasteiger partial charge in [-0.05, 0) is 30.2 Å². The summed E-state index contributed by atoms with van der Waals surface area (Å²) in [5.74, 6) is 0.378. The number of Topliss-reactive ketones (excluding diaryl/α,β-unsaturated/α-hetero) is 1. The molecule has 0 bridgehead atoms. The lowest BCUT2D eigenvalue weighted by Crippen LogP contribution is -2.36. The molecule has 6 nitrogen and oxygen atoms in total. The van der Waals surface area contributed by atoms with Gasteiger partial charge in [0.1, 0.15) is 28.6 Å². The minimum absolute atomic E-state index is 0.0372. The summed E-state index contributed by atoms with van der Waals surface area (Å²) in [6.07, 6.45) is -2.29. The van der Waals surface area contributed by atoms with Crippen LogP contribution in [0.5, 0.6) is 23.0 Å². The predicted octanol–water partition coefficient (Wildman–Crippen LogP) is 2.40. The van der Waals surface area contributed by atoms with Gasteiger partial charge in [-0.1, -0.05) is 6.07 Å². The molecule has 2 aromatic carbocycles. The second-order valence-corrected chi connectivity index (χ2v) is 5.60. The van der Waals surface area contributed by atoms with Gasteiger partial charge in [0.2, 0.25) is 5.78 Å². The van der Waals surface area contributed by atoms with Gasteiger partial charge in [0.25, 0.3) is 0 Å². The zero-order chi connectivity index (χ0) is 17.4. The van der Waals surface area contributed by atoms with Crippen molar-refractivity contribution in [3.8, 4) is 23.0 Å². The summed E-state index contributed by atoms with van der Waals surface area (Å²) >= 11 is 0. The van der Waals surface area contributed by atoms with E-state index in [1.807, 2.05) is 6.92 Å². The first-order valence-electron chi connectivity index (χ1n) is 7.40. The third kappa shape index (κ3) is 2.55. The van der Waals surface area contributed by atoms with Crippen molar-refractivity contribution >= 4 is 5.78 Å². The van der Waals surface area contributed by atoms with Gasteiger partial charge in [0.15, 0.2) is 12.2 Å². The molecule has 1 heterocycles. The molecule has 2 unspecified atom stereocenters. The number of carbonyl (C=O) groups is 1. The molecule has 24 heavy (non-hydrogen) atoms. The number of ketones is 1. The van der Waals surface area contributed by atoms with Crippen LogP contribution in [-0.4, -0.2) is 36.3 Å². The van der Waals surface area contributed by atoms with E-state index in [0.717, 1.165) is 5.56 Å². The van der Waals surface area contributed by atoms with E-state index in [4.69, 9.17) is 14.2 Å². The molecule has 2 atom stereocenters. The summed E-state index contributed by atoms with van der Waals surface area (Å²) in [6, 6.07) is 8.11. The number of aliphatic hydroxyl groups excluding tert-OH is 1. The highest BCUT2D eigenvalue weighted by Crippen LogP contribution is 2.42. The zero-order valence-electron chi connectivity index (χ0n) is 13.6. The molecule has 1 aliphatic heterocycles. The summed E-state index contributed by atoms with van der Waals surface area (Å²) in [5.41, 5.74) is 1.46. The zero-order valence-corrected chi connectivity index (χ0v) is 13.6. The number of carbonyl (C=O) groups excluding carboxylic acids is 1. The summed E-state index contributed by atoms with van der Waals surface area (Å²) in [6.45, 7) is 1.86. The average Bonchev–Trinajstić information content (AvgIpc) is 2.57. The van der Waals surface area contributed by atoms with Gasteiger partial charge in [0.05, 0.1) is 14.2 Å². The number of phenolic OH excluding ortho intramolecular Hbond substituents is 1. The Morgan fingerprint density at radius 3 is 2.50 bits per heavy atom. The lowest BCUT2D eigenvalue weighted by Gasteiger charge is -2.30. The van der Waals surface area contributed by atoms with Crippen molar-refractivity contribution in [3.05, 3.63) is 47.0 Å². The topological polar surface area (TPSA) is 85.2 Å². The number of methoxy groups -OCH3 is 2. The number of benzene rings is 2. The summed E-state index contributed by atoms with van der Waals surface area (Å²) in [7, 11) is 3.02. The SMILES string of the molecule is COc1cc(O)c2c(c1)OC(c1ccc(OC)c(C)c1)C(O)C2=O. The molecule has 2 aromatic rings. The maximum absolute atomic E-state index is 12.5. The van der Waals surface area contributed by atoms with Gasteiger partial charge < -0.3 is 24.4 Å². The molecule has 2 N–H and O–H groups in total. The van der Waals surface area contributed by atoms with Gasteiger partial charge in [0, 0.05) is 12.1 Å². The van der Waals surface area contributed by atoms with Crippen molar-refractivity contribution in [2.75, 3.05) is 14.2 Å². The van der Waals surface area contributed by atoms with E-state index >= 15 is 0 Å². The predicted molar refractivity (Wildman–Crippen MR) is 86.1 cm³/mol. The smallest absolute Gasteiger partial charge is 0.202 e. The Kier molecular flexibility index (Phi) is 4.07. The molecule has 1 aliphatic rings. The molecule has 0 saturated carbocycles. The second-order valence-electron chi connectivity index (χ2n) is 5.60. The maximum atomic E-state index is 12.5. The average molecular weight is 330 g/mol. The van der Waals surface area contributed by atoms with Crippen molar-refractivity contribution < 1.29 is 29.2 Å². The largest absolute Gasteiger partial charge is 0.507 e. The Hall–Kier alpha value is -2.73. The summed E-state index contributed by atoms with van der Waals surface area (Å²) < 4.78 is 16.1. The Morgan fingerprint density at radius 2 is 1.88 bits per heavy atom. The van der Waals surface area contributed by atoms with E-state index < -0.39 is 18.0 Å². The number of ether oxygens (including phenoxy) is 3. The van der Waals surface area contributed by atoms with Crippen molar-refractivity contribution in [1.29, 1.82) is 0 Å². The van der Waals surface area contributed by atoms with Gasteiger partial charge in [-0.25, -0.2) is 0 Å². The number of rotatable bonds is 3. The van der Waals surface area contributed by atoms with Gasteiger partial charge in [-0.2, -0.15) is 0 Å². The van der Waals surface area contributed by atoms with Gasteiger partial charge in [-0.15, -0.1) is 0 Å². The van der Waals surface area contributed by atoms with Crippen LogP contribution in [0.4, 0.5) is 0 Å². The molecule has 0 spiro atoms. The van der Waals surface area contributed by atoms with Crippen molar-refractivity contribution in [3.63, 3.8) is 0 Å². The lowest BCUT2D eigenvalue weighted by atomic mass is 9.92. The molecule has 0 amide bonds. The molecule has 6 heteroatoms. The lowest BCUT2D eigenvalue weighted by molar-refractivity contribution is 0.0210. The molecule has 0 aromatic heterocycles. The second kappa shape index (κ2) is 6.05. The molecule has 3 rings (SSSR count). The molecular formula is C18H18O6. The minimum Gasteiger partial charge on any atom is -0.507 e. The molecular weight excluding hydrogens is 312 g/mol. The van der Waals surface area contributed by atoms with E-state index in [0.29, 0.717) is 17.1 Å². The first kappa shape index (κ1) is 16.1. The monoisotopic (exact) mass is 330 g/mol. The van der Waals surface area contributed by atoms with Crippen molar-refractivity contribution in [1.82, 2.24) is 0 Å². The van der Waals surface area contributed by atoms with Crippen molar-refractivity contribution in [2.45, 2.75) is 19.1 Å². The number of aromatic hydroxyl groups is 1. The van der Waals surface area contributed by atoms with E-state index in [2.05, 4.69) is 0 Å². The first-order chi connectivity index (χ1) is 11.5. The fourth-order valence-electron chi connectivity index (χ4n) is 2.85. The van der Waals surface area contributed by atoms with Crippen LogP contribution in [0.25, 0.3) is 0 Å². The molecule has 0 fully saturated rings. The third-order valence-corrected chi connectivity index (χ3v) is 4.09. The van der Waals surface area contributed by atoms with E-state index in [9.17, 15) is 15.0 Å². The third-order valence-electron chi connectivity index (χ3n) is 4.09. The Balaban J connectivity index is 2.05. The molecule has 0 radical (unpaired) electrons. The van der Waals surface area contributed by atoms with Crippen LogP contribution in [0, 0.1) is 6.92 Å². The maximum Gasteiger partial charge on any atom is 0.202 e. The highest BCUT2D eigenvalue weighted by atomic mass is 16.5. The highest BCUT2D eigenvalue weighted by molar-refractivity contribution is 6.05. The number of aliphatic hydroxyl groups is 1. The van der Waals surface area contributed by atoms with Crippen LogP contribution in [0.3, 0.4) is 0 Å². The number of aryl methyl sites for hydroxylation is 1. The number of hydrogen-bond donors (Lipinski definition) is 2. The molecule has 0 aliphatic carbocycles. The summed E-state index contributed by atoms with van der Waals surface area (Å²) in [5, 5.41) is 20.4. The van der Waals surface area contributed by atoms with E-state index in [1.54, 1.807) is 25.3 Å². The Labute approximate surface area is 139 Å². The Morgan fingerprint density at radius 1 is 1.12 bits per heavy atom. The number of hydrogen-bond acceptors (Lipinski definition) is 6. The highest BCUT2D eigenvalue weighted by Gasteiger charge is 2.39. The molecule has 0 saturated heterocycles. The fraction of sp³-hybridized carbons (Fsp3) is 0.278. The van der Waals surface area contributed by atoms with E-state index in [1.165, 1.54) is 19.2 Å². The fourth-order valence-corrected chi connectivity index (χ4v) is 2.85. The van der Waals surface area contributed by atoms with Crippen LogP contribution in [-0.2, 0) is 0 Å². The normalized spacial score (nSPS) is 19.4. The van der Waals surface area contributed by atoms with Crippen LogP contribution in [0.2, 0.25) is 0 Å². The van der Waals surface area contributed by atoms with Gasteiger partial charge >= 0.3 is 0 Å². The Bertz CT molecular complexity index is 798. The van der Waals surface area contributed by atoms with Crippen LogP contribution in [0.1, 0.15) is 27.6 Å². The van der Waals surface area contributed by atoms with Crippen LogP contribution >= 0.6 is 0 Å². The quantitative estimate of drug-likeness (QED) is 0.899. The minimum atomic E-state index is -1.41. The number of fused-ring (bicyclic) bond motifs is 1. The van der Waals surface area contributed by atoms with Crippen LogP contribution in [0.15, 0.2) is 30.3 Å². The van der Waals surface area contributed by atoms with Gasteiger partial charge in [-0.3, -0.25) is 4.79 Å². The number of phenols is 1.